The Bertz CT molecular complexity index is 984. The van der Waals surface area contributed by atoms with Gasteiger partial charge in [-0.25, -0.2) is 8.42 Å². The predicted molar refractivity (Wildman–Crippen MR) is 91.1 cm³/mol. The minimum atomic E-state index is -3.97. The van der Waals surface area contributed by atoms with Crippen LogP contribution in [0.1, 0.15) is 11.6 Å². The van der Waals surface area contributed by atoms with Gasteiger partial charge in [-0.2, -0.15) is 4.72 Å². The summed E-state index contributed by atoms with van der Waals surface area (Å²) in [5.41, 5.74) is 0.370. The molecule has 0 unspecified atom stereocenters. The van der Waals surface area contributed by atoms with Crippen LogP contribution in [0.4, 0.5) is 0 Å². The summed E-state index contributed by atoms with van der Waals surface area (Å²) in [6.07, 6.45) is 0. The summed E-state index contributed by atoms with van der Waals surface area (Å²) in [6, 6.07) is 18.9. The maximum Gasteiger partial charge on any atom is 0.326 e. The number of benzene rings is 3. The van der Waals surface area contributed by atoms with Gasteiger partial charge in [0, 0.05) is 0 Å². The SMILES string of the molecule is O=C(O)[C@H](NS(=O)(=O)c1ccc2ccccc2c1)c1ccccc1. The van der Waals surface area contributed by atoms with Crippen molar-refractivity contribution in [1.82, 2.24) is 4.72 Å². The Morgan fingerprint density at radius 1 is 0.875 bits per heavy atom. The fourth-order valence-electron chi connectivity index (χ4n) is 2.46. The smallest absolute Gasteiger partial charge is 0.326 e. The molecule has 3 rings (SSSR count). The number of fused-ring (bicyclic) bond motifs is 1. The standard InChI is InChI=1S/C18H15NO4S/c20-18(21)17(14-7-2-1-3-8-14)19-24(22,23)16-11-10-13-6-4-5-9-15(13)12-16/h1-12,17,19H,(H,20,21)/t17-/m1/s1. The van der Waals surface area contributed by atoms with Gasteiger partial charge >= 0.3 is 5.97 Å². The quantitative estimate of drug-likeness (QED) is 0.747. The molecule has 6 heteroatoms. The highest BCUT2D eigenvalue weighted by atomic mass is 32.2. The van der Waals surface area contributed by atoms with Crippen LogP contribution in [0.5, 0.6) is 0 Å². The van der Waals surface area contributed by atoms with E-state index >= 15 is 0 Å². The molecule has 0 radical (unpaired) electrons. The summed E-state index contributed by atoms with van der Waals surface area (Å²) < 4.78 is 27.4. The van der Waals surface area contributed by atoms with Crippen molar-refractivity contribution in [3.63, 3.8) is 0 Å². The fourth-order valence-corrected chi connectivity index (χ4v) is 3.68. The van der Waals surface area contributed by atoms with Crippen molar-refractivity contribution in [3.05, 3.63) is 78.4 Å². The lowest BCUT2D eigenvalue weighted by Crippen LogP contribution is -2.33. The number of carboxylic acids is 1. The van der Waals surface area contributed by atoms with Gasteiger partial charge < -0.3 is 5.11 Å². The average molecular weight is 341 g/mol. The highest BCUT2D eigenvalue weighted by Crippen LogP contribution is 2.21. The van der Waals surface area contributed by atoms with Crippen LogP contribution in [0, 0.1) is 0 Å². The summed E-state index contributed by atoms with van der Waals surface area (Å²) >= 11 is 0. The fraction of sp³-hybridized carbons (Fsp3) is 0.0556. The number of nitrogens with one attached hydrogen (secondary N) is 1. The summed E-state index contributed by atoms with van der Waals surface area (Å²) in [7, 11) is -3.97. The van der Waals surface area contributed by atoms with Gasteiger partial charge in [0.15, 0.2) is 0 Å². The van der Waals surface area contributed by atoms with Crippen LogP contribution in [0.3, 0.4) is 0 Å². The third-order valence-corrected chi connectivity index (χ3v) is 5.10. The van der Waals surface area contributed by atoms with E-state index in [1.54, 1.807) is 42.5 Å². The van der Waals surface area contributed by atoms with Crippen LogP contribution in [-0.4, -0.2) is 19.5 Å². The third kappa shape index (κ3) is 3.29. The van der Waals surface area contributed by atoms with Gasteiger partial charge in [-0.3, -0.25) is 4.79 Å². The molecule has 2 N–H and O–H groups in total. The van der Waals surface area contributed by atoms with Gasteiger partial charge in [0.1, 0.15) is 6.04 Å². The third-order valence-electron chi connectivity index (χ3n) is 3.68. The highest BCUT2D eigenvalue weighted by molar-refractivity contribution is 7.89. The molecule has 0 fully saturated rings. The van der Waals surface area contributed by atoms with E-state index in [0.29, 0.717) is 5.56 Å². The Morgan fingerprint density at radius 2 is 1.50 bits per heavy atom. The minimum Gasteiger partial charge on any atom is -0.480 e. The molecule has 0 amide bonds. The lowest BCUT2D eigenvalue weighted by Gasteiger charge is -2.15. The molecule has 3 aromatic rings. The van der Waals surface area contributed by atoms with E-state index in [9.17, 15) is 18.3 Å². The Hall–Kier alpha value is -2.70. The van der Waals surface area contributed by atoms with Crippen LogP contribution in [0.25, 0.3) is 10.8 Å². The number of hydrogen-bond acceptors (Lipinski definition) is 3. The molecule has 0 aliphatic carbocycles. The van der Waals surface area contributed by atoms with Gasteiger partial charge in [0.25, 0.3) is 0 Å². The Balaban J connectivity index is 1.97. The first-order valence-electron chi connectivity index (χ1n) is 7.26. The van der Waals surface area contributed by atoms with Gasteiger partial charge in [0.2, 0.25) is 10.0 Å². The monoisotopic (exact) mass is 341 g/mol. The Kier molecular flexibility index (Phi) is 4.33. The van der Waals surface area contributed by atoms with Crippen LogP contribution < -0.4 is 4.72 Å². The molecule has 122 valence electrons. The van der Waals surface area contributed by atoms with E-state index in [4.69, 9.17) is 0 Å². The molecule has 5 nitrogen and oxygen atoms in total. The molecular weight excluding hydrogens is 326 g/mol. The largest absolute Gasteiger partial charge is 0.480 e. The molecule has 0 aliphatic rings. The summed E-state index contributed by atoms with van der Waals surface area (Å²) in [5.74, 6) is -1.26. The maximum atomic E-state index is 12.6. The first kappa shape index (κ1) is 16.2. The van der Waals surface area contributed by atoms with Crippen molar-refractivity contribution in [2.75, 3.05) is 0 Å². The van der Waals surface area contributed by atoms with Crippen LogP contribution in [-0.2, 0) is 14.8 Å². The van der Waals surface area contributed by atoms with Gasteiger partial charge in [-0.05, 0) is 28.5 Å². The number of carbonyl (C=O) groups is 1. The van der Waals surface area contributed by atoms with E-state index in [-0.39, 0.29) is 4.90 Å². The van der Waals surface area contributed by atoms with Gasteiger partial charge in [0.05, 0.1) is 4.90 Å². The molecule has 0 heterocycles. The van der Waals surface area contributed by atoms with Gasteiger partial charge in [-0.15, -0.1) is 0 Å². The second-order valence-electron chi connectivity index (χ2n) is 5.31. The zero-order valence-electron chi connectivity index (χ0n) is 12.6. The molecule has 24 heavy (non-hydrogen) atoms. The van der Waals surface area contributed by atoms with Crippen molar-refractivity contribution in [2.24, 2.45) is 0 Å². The second kappa shape index (κ2) is 6.43. The number of sulfonamides is 1. The van der Waals surface area contributed by atoms with E-state index in [0.717, 1.165) is 10.8 Å². The lowest BCUT2D eigenvalue weighted by atomic mass is 10.1. The van der Waals surface area contributed by atoms with Crippen molar-refractivity contribution in [2.45, 2.75) is 10.9 Å². The van der Waals surface area contributed by atoms with E-state index in [2.05, 4.69) is 4.72 Å². The van der Waals surface area contributed by atoms with Gasteiger partial charge in [-0.1, -0.05) is 60.7 Å². The molecular formula is C18H15NO4S. The minimum absolute atomic E-state index is 0.0309. The molecule has 0 aromatic heterocycles. The molecule has 3 aromatic carbocycles. The average Bonchev–Trinajstić information content (AvgIpc) is 2.60. The van der Waals surface area contributed by atoms with Crippen LogP contribution in [0.15, 0.2) is 77.7 Å². The molecule has 0 aliphatic heterocycles. The first-order valence-corrected chi connectivity index (χ1v) is 8.74. The topological polar surface area (TPSA) is 83.5 Å². The summed E-state index contributed by atoms with van der Waals surface area (Å²) in [5, 5.41) is 11.1. The lowest BCUT2D eigenvalue weighted by molar-refractivity contribution is -0.139. The van der Waals surface area contributed by atoms with Crippen molar-refractivity contribution >= 4 is 26.8 Å². The first-order chi connectivity index (χ1) is 11.5. The molecule has 0 bridgehead atoms. The summed E-state index contributed by atoms with van der Waals surface area (Å²) in [4.78, 5) is 11.5. The van der Waals surface area contributed by atoms with Crippen LogP contribution >= 0.6 is 0 Å². The highest BCUT2D eigenvalue weighted by Gasteiger charge is 2.26. The van der Waals surface area contributed by atoms with Crippen molar-refractivity contribution in [3.8, 4) is 0 Å². The van der Waals surface area contributed by atoms with E-state index < -0.39 is 22.0 Å². The van der Waals surface area contributed by atoms with E-state index in [1.807, 2.05) is 18.2 Å². The number of rotatable bonds is 5. The normalized spacial score (nSPS) is 12.8. The Morgan fingerprint density at radius 3 is 2.17 bits per heavy atom. The van der Waals surface area contributed by atoms with Crippen molar-refractivity contribution < 1.29 is 18.3 Å². The van der Waals surface area contributed by atoms with E-state index in [1.165, 1.54) is 12.1 Å². The molecule has 0 saturated heterocycles. The molecule has 0 spiro atoms. The molecule has 1 atom stereocenters. The zero-order chi connectivity index (χ0) is 17.2. The number of carboxylic acid groups (broad SMARTS) is 1. The predicted octanol–water partition coefficient (Wildman–Crippen LogP) is 2.94. The molecule has 0 saturated carbocycles. The Labute approximate surface area is 139 Å². The van der Waals surface area contributed by atoms with Crippen molar-refractivity contribution in [1.29, 1.82) is 0 Å². The maximum absolute atomic E-state index is 12.6. The van der Waals surface area contributed by atoms with Crippen LogP contribution in [0.2, 0.25) is 0 Å². The second-order valence-corrected chi connectivity index (χ2v) is 7.03. The summed E-state index contributed by atoms with van der Waals surface area (Å²) in [6.45, 7) is 0. The number of aliphatic carboxylic acids is 1. The zero-order valence-corrected chi connectivity index (χ0v) is 13.4. The number of hydrogen-bond donors (Lipinski definition) is 2.